The quantitative estimate of drug-likeness (QED) is 0.651. The molecule has 3 amide bonds. The number of halogens is 1. The molecule has 0 unspecified atom stereocenters. The predicted molar refractivity (Wildman–Crippen MR) is 82.5 cm³/mol. The highest BCUT2D eigenvalue weighted by atomic mass is 19.1. The molecule has 1 aromatic carbocycles. The average Bonchev–Trinajstić information content (AvgIpc) is 2.95. The smallest absolute Gasteiger partial charge is 0.242 e. The molecule has 1 heterocycles. The Morgan fingerprint density at radius 1 is 1.32 bits per heavy atom. The van der Waals surface area contributed by atoms with E-state index in [-0.39, 0.29) is 18.9 Å². The SMILES string of the molecule is C[C@H](NC(=O)[C@@H]1CC(=O)N(c2ccc(F)cc2)C1)C(=O)NCC(=O)[O-]. The van der Waals surface area contributed by atoms with Crippen molar-refractivity contribution in [3.63, 3.8) is 0 Å². The van der Waals surface area contributed by atoms with Gasteiger partial charge in [-0.1, -0.05) is 0 Å². The maximum Gasteiger partial charge on any atom is 0.242 e. The summed E-state index contributed by atoms with van der Waals surface area (Å²) in [5.74, 6) is -3.97. The lowest BCUT2D eigenvalue weighted by Gasteiger charge is -2.18. The summed E-state index contributed by atoms with van der Waals surface area (Å²) in [4.78, 5) is 47.6. The second-order valence-corrected chi connectivity index (χ2v) is 5.70. The van der Waals surface area contributed by atoms with Gasteiger partial charge in [-0.05, 0) is 31.2 Å². The van der Waals surface area contributed by atoms with Crippen LogP contribution in [0.25, 0.3) is 0 Å². The number of benzene rings is 1. The first-order chi connectivity index (χ1) is 11.8. The largest absolute Gasteiger partial charge is 0.548 e. The fourth-order valence-electron chi connectivity index (χ4n) is 2.46. The first-order valence-corrected chi connectivity index (χ1v) is 7.61. The van der Waals surface area contributed by atoms with E-state index in [4.69, 9.17) is 0 Å². The van der Waals surface area contributed by atoms with Crippen molar-refractivity contribution in [2.45, 2.75) is 19.4 Å². The van der Waals surface area contributed by atoms with Crippen LogP contribution in [0, 0.1) is 11.7 Å². The van der Waals surface area contributed by atoms with Crippen LogP contribution in [0.3, 0.4) is 0 Å². The maximum absolute atomic E-state index is 13.0. The van der Waals surface area contributed by atoms with E-state index in [1.54, 1.807) is 0 Å². The van der Waals surface area contributed by atoms with Crippen LogP contribution >= 0.6 is 0 Å². The molecule has 0 radical (unpaired) electrons. The van der Waals surface area contributed by atoms with Crippen LogP contribution < -0.4 is 20.6 Å². The lowest BCUT2D eigenvalue weighted by molar-refractivity contribution is -0.304. The lowest BCUT2D eigenvalue weighted by Crippen LogP contribution is -2.49. The molecular weight excluding hydrogens is 333 g/mol. The standard InChI is InChI=1S/C16H18FN3O5/c1-9(15(24)18-7-14(22)23)19-16(25)10-6-13(21)20(8-10)12-4-2-11(17)3-5-12/h2-5,9-10H,6-8H2,1H3,(H,18,24)(H,19,25)(H,22,23)/p-1/t9-,10+/m0/s1. The third kappa shape index (κ3) is 4.75. The molecule has 2 atom stereocenters. The molecule has 2 rings (SSSR count). The van der Waals surface area contributed by atoms with Gasteiger partial charge in [0.15, 0.2) is 0 Å². The summed E-state index contributed by atoms with van der Waals surface area (Å²) in [7, 11) is 0. The number of rotatable bonds is 6. The van der Waals surface area contributed by atoms with E-state index >= 15 is 0 Å². The number of carboxylic acid groups (broad SMARTS) is 1. The number of carboxylic acids is 1. The summed E-state index contributed by atoms with van der Waals surface area (Å²) in [6.45, 7) is 0.861. The number of nitrogens with zero attached hydrogens (tertiary/aromatic N) is 1. The van der Waals surface area contributed by atoms with Crippen LogP contribution in [0.2, 0.25) is 0 Å². The van der Waals surface area contributed by atoms with Crippen LogP contribution in [-0.2, 0) is 19.2 Å². The summed E-state index contributed by atoms with van der Waals surface area (Å²) < 4.78 is 13.0. The van der Waals surface area contributed by atoms with Gasteiger partial charge in [0.05, 0.1) is 18.4 Å². The Bertz CT molecular complexity index is 692. The minimum absolute atomic E-state index is 0.0312. The highest BCUT2D eigenvalue weighted by Crippen LogP contribution is 2.25. The Morgan fingerprint density at radius 3 is 2.56 bits per heavy atom. The maximum atomic E-state index is 13.0. The van der Waals surface area contributed by atoms with Gasteiger partial charge in [-0.2, -0.15) is 0 Å². The molecule has 1 saturated heterocycles. The zero-order valence-corrected chi connectivity index (χ0v) is 13.5. The van der Waals surface area contributed by atoms with Gasteiger partial charge in [0, 0.05) is 18.7 Å². The van der Waals surface area contributed by atoms with Crippen molar-refractivity contribution in [2.75, 3.05) is 18.0 Å². The van der Waals surface area contributed by atoms with E-state index < -0.39 is 42.1 Å². The van der Waals surface area contributed by atoms with Gasteiger partial charge in [-0.15, -0.1) is 0 Å². The number of nitrogens with one attached hydrogen (secondary N) is 2. The minimum Gasteiger partial charge on any atom is -0.548 e. The Morgan fingerprint density at radius 2 is 1.96 bits per heavy atom. The molecule has 0 aliphatic carbocycles. The first kappa shape index (κ1) is 18.4. The lowest BCUT2D eigenvalue weighted by atomic mass is 10.1. The Labute approximate surface area is 143 Å². The highest BCUT2D eigenvalue weighted by Gasteiger charge is 2.36. The van der Waals surface area contributed by atoms with Crippen LogP contribution in [0.4, 0.5) is 10.1 Å². The fourth-order valence-corrected chi connectivity index (χ4v) is 2.46. The number of aliphatic carboxylic acids is 1. The van der Waals surface area contributed by atoms with Crippen molar-refractivity contribution in [1.82, 2.24) is 10.6 Å². The predicted octanol–water partition coefficient (Wildman–Crippen LogP) is -1.45. The van der Waals surface area contributed by atoms with Gasteiger partial charge in [0.1, 0.15) is 11.9 Å². The molecule has 1 aromatic rings. The van der Waals surface area contributed by atoms with E-state index in [0.29, 0.717) is 5.69 Å². The van der Waals surface area contributed by atoms with Gasteiger partial charge in [0.2, 0.25) is 17.7 Å². The summed E-state index contributed by atoms with van der Waals surface area (Å²) in [5.41, 5.74) is 0.487. The molecule has 1 fully saturated rings. The average molecular weight is 350 g/mol. The minimum atomic E-state index is -1.44. The second-order valence-electron chi connectivity index (χ2n) is 5.70. The first-order valence-electron chi connectivity index (χ1n) is 7.61. The third-order valence-electron chi connectivity index (χ3n) is 3.79. The molecule has 1 aliphatic rings. The molecule has 0 bridgehead atoms. The molecule has 0 aromatic heterocycles. The molecule has 8 nitrogen and oxygen atoms in total. The van der Waals surface area contributed by atoms with Crippen LogP contribution in [0.15, 0.2) is 24.3 Å². The van der Waals surface area contributed by atoms with Crippen molar-refractivity contribution in [3.05, 3.63) is 30.1 Å². The molecule has 2 N–H and O–H groups in total. The fraction of sp³-hybridized carbons (Fsp3) is 0.375. The molecule has 0 saturated carbocycles. The van der Waals surface area contributed by atoms with Crippen molar-refractivity contribution in [2.24, 2.45) is 5.92 Å². The van der Waals surface area contributed by atoms with E-state index in [1.807, 2.05) is 0 Å². The molecule has 134 valence electrons. The van der Waals surface area contributed by atoms with Gasteiger partial charge in [-0.3, -0.25) is 14.4 Å². The molecular formula is C16H17FN3O5-. The van der Waals surface area contributed by atoms with Crippen molar-refractivity contribution in [3.8, 4) is 0 Å². The van der Waals surface area contributed by atoms with Crippen molar-refractivity contribution < 1.29 is 28.7 Å². The number of carbonyl (C=O) groups excluding carboxylic acids is 4. The molecule has 0 spiro atoms. The molecule has 9 heteroatoms. The third-order valence-corrected chi connectivity index (χ3v) is 3.79. The second kappa shape index (κ2) is 7.73. The molecule has 25 heavy (non-hydrogen) atoms. The van der Waals surface area contributed by atoms with E-state index in [2.05, 4.69) is 10.6 Å². The number of hydrogen-bond donors (Lipinski definition) is 2. The van der Waals surface area contributed by atoms with Gasteiger partial charge in [0.25, 0.3) is 0 Å². The summed E-state index contributed by atoms with van der Waals surface area (Å²) in [6, 6.07) is 4.38. The van der Waals surface area contributed by atoms with Crippen LogP contribution in [0.5, 0.6) is 0 Å². The van der Waals surface area contributed by atoms with Crippen molar-refractivity contribution in [1.29, 1.82) is 0 Å². The van der Waals surface area contributed by atoms with Crippen LogP contribution in [-0.4, -0.2) is 42.8 Å². The monoisotopic (exact) mass is 350 g/mol. The van der Waals surface area contributed by atoms with Gasteiger partial charge < -0.3 is 25.4 Å². The van der Waals surface area contributed by atoms with E-state index in [9.17, 15) is 28.7 Å². The number of hydrogen-bond acceptors (Lipinski definition) is 5. The molecule has 1 aliphatic heterocycles. The topological polar surface area (TPSA) is 119 Å². The zero-order chi connectivity index (χ0) is 18.6. The van der Waals surface area contributed by atoms with Crippen LogP contribution in [0.1, 0.15) is 13.3 Å². The Kier molecular flexibility index (Phi) is 5.68. The highest BCUT2D eigenvalue weighted by molar-refractivity contribution is 6.01. The number of anilines is 1. The number of carbonyl (C=O) groups is 4. The summed E-state index contributed by atoms with van der Waals surface area (Å²) in [5, 5.41) is 14.8. The van der Waals surface area contributed by atoms with Gasteiger partial charge >= 0.3 is 0 Å². The van der Waals surface area contributed by atoms with E-state index in [0.717, 1.165) is 0 Å². The normalized spacial score (nSPS) is 17.9. The van der Waals surface area contributed by atoms with E-state index in [1.165, 1.54) is 36.1 Å². The zero-order valence-electron chi connectivity index (χ0n) is 13.5. The summed E-state index contributed by atoms with van der Waals surface area (Å²) >= 11 is 0. The van der Waals surface area contributed by atoms with Gasteiger partial charge in [-0.25, -0.2) is 4.39 Å². The van der Waals surface area contributed by atoms with Crippen molar-refractivity contribution >= 4 is 29.4 Å². The Hall–Kier alpha value is -2.97. The Balaban J connectivity index is 1.92. The summed E-state index contributed by atoms with van der Waals surface area (Å²) in [6.07, 6.45) is -0.0312. The number of amides is 3.